The predicted octanol–water partition coefficient (Wildman–Crippen LogP) is 2.29. The van der Waals surface area contributed by atoms with Crippen molar-refractivity contribution in [3.63, 3.8) is 0 Å². The fraction of sp³-hybridized carbons (Fsp3) is 0.333. The van der Waals surface area contributed by atoms with Crippen LogP contribution in [-0.2, 0) is 15.1 Å². The molecule has 3 N–H and O–H groups in total. The summed E-state index contributed by atoms with van der Waals surface area (Å²) in [4.78, 5) is 42.6. The number of hydrogen-bond acceptors (Lipinski definition) is 4. The van der Waals surface area contributed by atoms with Crippen LogP contribution in [0.25, 0.3) is 0 Å². The van der Waals surface area contributed by atoms with Crippen LogP contribution in [0.2, 0.25) is 0 Å². The molecule has 1 aromatic heterocycles. The highest BCUT2D eigenvalue weighted by Gasteiger charge is 2.42. The first kappa shape index (κ1) is 19.5. The zero-order valence-electron chi connectivity index (χ0n) is 16.0. The molecule has 1 aliphatic heterocycles. The number of nitrogens with zero attached hydrogens (tertiary/aromatic N) is 2. The van der Waals surface area contributed by atoms with E-state index in [9.17, 15) is 14.4 Å². The summed E-state index contributed by atoms with van der Waals surface area (Å²) in [5.74, 6) is -1.73. The number of pyridine rings is 1. The van der Waals surface area contributed by atoms with Crippen LogP contribution in [-0.4, -0.2) is 34.2 Å². The molecule has 2 aromatic rings. The van der Waals surface area contributed by atoms with Crippen molar-refractivity contribution in [3.8, 4) is 0 Å². The van der Waals surface area contributed by atoms with Gasteiger partial charge in [-0.3, -0.25) is 19.4 Å². The average Bonchev–Trinajstić information content (AvgIpc) is 2.70. The fourth-order valence-corrected chi connectivity index (χ4v) is 3.62. The Labute approximate surface area is 163 Å². The van der Waals surface area contributed by atoms with Gasteiger partial charge in [0, 0.05) is 12.7 Å². The molecule has 28 heavy (non-hydrogen) atoms. The van der Waals surface area contributed by atoms with Gasteiger partial charge in [-0.2, -0.15) is 0 Å². The van der Waals surface area contributed by atoms with Crippen molar-refractivity contribution in [3.05, 3.63) is 59.9 Å². The van der Waals surface area contributed by atoms with Gasteiger partial charge in [0.05, 0.1) is 23.0 Å². The fourth-order valence-electron chi connectivity index (χ4n) is 3.62. The van der Waals surface area contributed by atoms with Crippen LogP contribution in [0.3, 0.4) is 0 Å². The van der Waals surface area contributed by atoms with E-state index in [0.29, 0.717) is 12.5 Å². The third-order valence-corrected chi connectivity index (χ3v) is 5.33. The smallest absolute Gasteiger partial charge is 0.313 e. The summed E-state index contributed by atoms with van der Waals surface area (Å²) in [6.45, 7) is 4.56. The number of nitrogens with two attached hydrogens (primary N) is 1. The van der Waals surface area contributed by atoms with Crippen molar-refractivity contribution in [1.82, 2.24) is 9.88 Å². The highest BCUT2D eigenvalue weighted by Crippen LogP contribution is 2.39. The first-order chi connectivity index (χ1) is 13.3. The number of amides is 3. The predicted molar refractivity (Wildman–Crippen MR) is 105 cm³/mol. The third kappa shape index (κ3) is 3.88. The Morgan fingerprint density at radius 2 is 1.93 bits per heavy atom. The molecule has 0 bridgehead atoms. The highest BCUT2D eigenvalue weighted by molar-refractivity contribution is 6.39. The maximum atomic E-state index is 13.1. The first-order valence-corrected chi connectivity index (χ1v) is 9.24. The van der Waals surface area contributed by atoms with Crippen LogP contribution >= 0.6 is 0 Å². The van der Waals surface area contributed by atoms with E-state index in [-0.39, 0.29) is 11.3 Å². The molecule has 0 radical (unpaired) electrons. The molecule has 7 nitrogen and oxygen atoms in total. The Hall–Kier alpha value is -3.22. The van der Waals surface area contributed by atoms with Crippen molar-refractivity contribution in [2.45, 2.75) is 32.2 Å². The number of carbonyl (C=O) groups excluding carboxylic acids is 3. The standard InChI is InChI=1S/C21H24N4O3/c1-14-8-9-21(2,16-6-4-3-5-7-16)25(13-14)20(28)19(27)24-17-10-15(18(22)26)11-23-12-17/h3-7,10-12,14H,8-9,13H2,1-2H3,(H2,22,26)(H,24,27)/t14-,21+/m1/s1. The molecule has 2 heterocycles. The number of nitrogens with one attached hydrogen (secondary N) is 1. The van der Waals surface area contributed by atoms with Gasteiger partial charge in [0.2, 0.25) is 5.91 Å². The summed E-state index contributed by atoms with van der Waals surface area (Å²) in [5.41, 5.74) is 6.09. The van der Waals surface area contributed by atoms with Crippen molar-refractivity contribution < 1.29 is 14.4 Å². The van der Waals surface area contributed by atoms with Crippen molar-refractivity contribution >= 4 is 23.4 Å². The zero-order chi connectivity index (χ0) is 20.3. The molecule has 2 atom stereocenters. The molecule has 7 heteroatoms. The van der Waals surface area contributed by atoms with Gasteiger partial charge in [-0.05, 0) is 37.3 Å². The lowest BCUT2D eigenvalue weighted by Gasteiger charge is -2.47. The van der Waals surface area contributed by atoms with E-state index in [0.717, 1.165) is 18.4 Å². The largest absolute Gasteiger partial charge is 0.366 e. The highest BCUT2D eigenvalue weighted by atomic mass is 16.2. The summed E-state index contributed by atoms with van der Waals surface area (Å²) in [5, 5.41) is 2.54. The summed E-state index contributed by atoms with van der Waals surface area (Å²) in [6.07, 6.45) is 4.42. The molecule has 0 aliphatic carbocycles. The number of carbonyl (C=O) groups is 3. The lowest BCUT2D eigenvalue weighted by molar-refractivity contribution is -0.150. The van der Waals surface area contributed by atoms with Crippen molar-refractivity contribution in [2.75, 3.05) is 11.9 Å². The maximum Gasteiger partial charge on any atom is 0.313 e. The number of aromatic nitrogens is 1. The normalized spacial score (nSPS) is 21.8. The second-order valence-corrected chi connectivity index (χ2v) is 7.48. The summed E-state index contributed by atoms with van der Waals surface area (Å²) < 4.78 is 0. The van der Waals surface area contributed by atoms with E-state index >= 15 is 0 Å². The van der Waals surface area contributed by atoms with Crippen molar-refractivity contribution in [2.24, 2.45) is 11.7 Å². The molecule has 1 fully saturated rings. The molecule has 0 unspecified atom stereocenters. The van der Waals surface area contributed by atoms with E-state index in [1.165, 1.54) is 18.5 Å². The molecule has 0 spiro atoms. The van der Waals surface area contributed by atoms with Gasteiger partial charge in [0.25, 0.3) is 0 Å². The van der Waals surface area contributed by atoms with E-state index < -0.39 is 23.3 Å². The zero-order valence-corrected chi connectivity index (χ0v) is 16.0. The van der Waals surface area contributed by atoms with Gasteiger partial charge in [-0.15, -0.1) is 0 Å². The Kier molecular flexibility index (Phi) is 5.44. The summed E-state index contributed by atoms with van der Waals surface area (Å²) >= 11 is 0. The number of anilines is 1. The second kappa shape index (κ2) is 7.80. The van der Waals surface area contributed by atoms with E-state index in [1.54, 1.807) is 4.90 Å². The minimum atomic E-state index is -0.764. The lowest BCUT2D eigenvalue weighted by Crippen LogP contribution is -2.55. The minimum absolute atomic E-state index is 0.158. The molecule has 1 aliphatic rings. The third-order valence-electron chi connectivity index (χ3n) is 5.33. The Balaban J connectivity index is 1.84. The lowest BCUT2D eigenvalue weighted by atomic mass is 9.79. The van der Waals surface area contributed by atoms with Crippen LogP contribution in [0.1, 0.15) is 42.6 Å². The molecule has 146 valence electrons. The van der Waals surface area contributed by atoms with Crippen LogP contribution in [0.4, 0.5) is 5.69 Å². The molecule has 1 saturated heterocycles. The Morgan fingerprint density at radius 3 is 2.61 bits per heavy atom. The SMILES string of the molecule is C[C@@H]1CC[C@@](C)(c2ccccc2)N(C(=O)C(=O)Nc2cncc(C(N)=O)c2)C1. The topological polar surface area (TPSA) is 105 Å². The number of primary amides is 1. The van der Waals surface area contributed by atoms with E-state index in [2.05, 4.69) is 17.2 Å². The second-order valence-electron chi connectivity index (χ2n) is 7.48. The first-order valence-electron chi connectivity index (χ1n) is 9.24. The average molecular weight is 380 g/mol. The van der Waals surface area contributed by atoms with Crippen LogP contribution in [0.5, 0.6) is 0 Å². The van der Waals surface area contributed by atoms with Gasteiger partial charge in [-0.1, -0.05) is 37.3 Å². The number of piperidine rings is 1. The Morgan fingerprint density at radius 1 is 1.21 bits per heavy atom. The van der Waals surface area contributed by atoms with Gasteiger partial charge in [0.15, 0.2) is 0 Å². The maximum absolute atomic E-state index is 13.1. The van der Waals surface area contributed by atoms with Crippen LogP contribution in [0.15, 0.2) is 48.8 Å². The van der Waals surface area contributed by atoms with Crippen molar-refractivity contribution in [1.29, 1.82) is 0 Å². The monoisotopic (exact) mass is 380 g/mol. The molecule has 1 aromatic carbocycles. The number of hydrogen-bond donors (Lipinski definition) is 2. The number of likely N-dealkylation sites (tertiary alicyclic amines) is 1. The van der Waals surface area contributed by atoms with Crippen LogP contribution < -0.4 is 11.1 Å². The van der Waals surface area contributed by atoms with Gasteiger partial charge in [0.1, 0.15) is 0 Å². The molecular weight excluding hydrogens is 356 g/mol. The van der Waals surface area contributed by atoms with Gasteiger partial charge >= 0.3 is 11.8 Å². The summed E-state index contributed by atoms with van der Waals surface area (Å²) in [7, 11) is 0. The van der Waals surface area contributed by atoms with Gasteiger partial charge in [-0.25, -0.2) is 0 Å². The quantitative estimate of drug-likeness (QED) is 0.797. The number of benzene rings is 1. The van der Waals surface area contributed by atoms with E-state index in [1.807, 2.05) is 37.3 Å². The molecular formula is C21H24N4O3. The van der Waals surface area contributed by atoms with Crippen LogP contribution in [0, 0.1) is 5.92 Å². The minimum Gasteiger partial charge on any atom is -0.366 e. The van der Waals surface area contributed by atoms with Gasteiger partial charge < -0.3 is 16.0 Å². The number of rotatable bonds is 3. The Bertz CT molecular complexity index is 900. The summed E-state index contributed by atoms with van der Waals surface area (Å²) in [6, 6.07) is 11.2. The molecule has 0 saturated carbocycles. The van der Waals surface area contributed by atoms with E-state index in [4.69, 9.17) is 5.73 Å². The molecule has 3 amide bonds. The molecule has 3 rings (SSSR count).